The second kappa shape index (κ2) is 4.61. The number of benzene rings is 1. The van der Waals surface area contributed by atoms with E-state index in [1.165, 1.54) is 5.56 Å². The van der Waals surface area contributed by atoms with Gasteiger partial charge >= 0.3 is 0 Å². The average Bonchev–Trinajstić information content (AvgIpc) is 2.17. The zero-order valence-corrected chi connectivity index (χ0v) is 9.71. The van der Waals surface area contributed by atoms with Crippen LogP contribution in [0.2, 0.25) is 0 Å². The molecule has 1 heteroatoms. The van der Waals surface area contributed by atoms with Crippen molar-refractivity contribution < 1.29 is 0 Å². The molecule has 0 bridgehead atoms. The van der Waals surface area contributed by atoms with Gasteiger partial charge in [-0.2, -0.15) is 0 Å². The largest absolute Gasteiger partial charge is 0.0919 e. The van der Waals surface area contributed by atoms with E-state index in [2.05, 4.69) is 66.2 Å². The number of allylic oxidation sites excluding steroid dienone is 1. The quantitative estimate of drug-likeness (QED) is 0.696. The second-order valence-corrected chi connectivity index (χ2v) is 4.43. The molecule has 0 heterocycles. The van der Waals surface area contributed by atoms with Crippen molar-refractivity contribution in [3.05, 3.63) is 42.0 Å². The Morgan fingerprint density at radius 1 is 1.23 bits per heavy atom. The van der Waals surface area contributed by atoms with E-state index in [9.17, 15) is 0 Å². The van der Waals surface area contributed by atoms with Crippen molar-refractivity contribution in [3.63, 3.8) is 0 Å². The van der Waals surface area contributed by atoms with Crippen molar-refractivity contribution >= 4 is 22.0 Å². The molecule has 0 atom stereocenters. The number of rotatable bonds is 3. The highest BCUT2D eigenvalue weighted by atomic mass is 79.9. The molecule has 0 aliphatic heterocycles. The minimum Gasteiger partial charge on any atom is -0.0919 e. The molecule has 1 aromatic carbocycles. The van der Waals surface area contributed by atoms with E-state index in [-0.39, 0.29) is 5.41 Å². The first-order valence-electron chi connectivity index (χ1n) is 4.44. The van der Waals surface area contributed by atoms with E-state index >= 15 is 0 Å². The maximum Gasteiger partial charge on any atom is 0.0117 e. The van der Waals surface area contributed by atoms with Gasteiger partial charge in [-0.15, -0.1) is 0 Å². The summed E-state index contributed by atoms with van der Waals surface area (Å²) in [5, 5.41) is 0.989. The number of alkyl halides is 1. The summed E-state index contributed by atoms with van der Waals surface area (Å²) in [6.45, 7) is 4.42. The maximum atomic E-state index is 3.49. The molecule has 1 aromatic rings. The maximum absolute atomic E-state index is 3.49. The molecule has 0 amide bonds. The lowest BCUT2D eigenvalue weighted by Crippen LogP contribution is -2.07. The summed E-state index contributed by atoms with van der Waals surface area (Å²) in [5.41, 5.74) is 1.49. The molecule has 0 unspecified atom stereocenters. The van der Waals surface area contributed by atoms with Gasteiger partial charge in [0.1, 0.15) is 0 Å². The third-order valence-corrected chi connectivity index (χ3v) is 3.32. The monoisotopic (exact) mass is 238 g/mol. The molecule has 13 heavy (non-hydrogen) atoms. The van der Waals surface area contributed by atoms with E-state index < -0.39 is 0 Å². The minimum atomic E-state index is 0.232. The predicted octanol–water partition coefficient (Wildman–Crippen LogP) is 4.12. The Kier molecular flexibility index (Phi) is 3.73. The van der Waals surface area contributed by atoms with Crippen molar-refractivity contribution in [1.29, 1.82) is 0 Å². The van der Waals surface area contributed by atoms with Gasteiger partial charge in [0.25, 0.3) is 0 Å². The van der Waals surface area contributed by atoms with Crippen molar-refractivity contribution in [2.75, 3.05) is 5.33 Å². The first-order chi connectivity index (χ1) is 6.14. The highest BCUT2D eigenvalue weighted by Crippen LogP contribution is 2.21. The molecule has 70 valence electrons. The molecule has 0 fully saturated rings. The van der Waals surface area contributed by atoms with E-state index in [4.69, 9.17) is 0 Å². The Bertz CT molecular complexity index is 272. The van der Waals surface area contributed by atoms with Gasteiger partial charge in [-0.25, -0.2) is 0 Å². The van der Waals surface area contributed by atoms with Gasteiger partial charge in [-0.05, 0) is 11.0 Å². The van der Waals surface area contributed by atoms with Crippen LogP contribution >= 0.6 is 15.9 Å². The molecule has 0 aromatic heterocycles. The van der Waals surface area contributed by atoms with Crippen LogP contribution in [-0.2, 0) is 0 Å². The molecule has 1 rings (SSSR count). The van der Waals surface area contributed by atoms with Crippen molar-refractivity contribution in [2.45, 2.75) is 13.8 Å². The van der Waals surface area contributed by atoms with Crippen LogP contribution in [-0.4, -0.2) is 5.33 Å². The second-order valence-electron chi connectivity index (χ2n) is 3.87. The van der Waals surface area contributed by atoms with Gasteiger partial charge in [-0.3, -0.25) is 0 Å². The molecule has 0 saturated carbocycles. The van der Waals surface area contributed by atoms with E-state index in [1.54, 1.807) is 0 Å². The molecule has 0 N–H and O–H groups in total. The molecule has 0 nitrogen and oxygen atoms in total. The third kappa shape index (κ3) is 3.77. The van der Waals surface area contributed by atoms with Gasteiger partial charge in [0.15, 0.2) is 0 Å². The van der Waals surface area contributed by atoms with E-state index in [1.807, 2.05) is 6.07 Å². The third-order valence-electron chi connectivity index (χ3n) is 1.87. The summed E-state index contributed by atoms with van der Waals surface area (Å²) >= 11 is 3.49. The van der Waals surface area contributed by atoms with Crippen LogP contribution < -0.4 is 0 Å². The van der Waals surface area contributed by atoms with Gasteiger partial charge in [0.05, 0.1) is 0 Å². The van der Waals surface area contributed by atoms with Gasteiger partial charge in [-0.1, -0.05) is 72.3 Å². The number of hydrogen-bond donors (Lipinski definition) is 0. The highest BCUT2D eigenvalue weighted by molar-refractivity contribution is 9.09. The zero-order valence-electron chi connectivity index (χ0n) is 8.13. The number of hydrogen-bond acceptors (Lipinski definition) is 0. The molecule has 0 spiro atoms. The fraction of sp³-hybridized carbons (Fsp3) is 0.333. The molecule has 0 radical (unpaired) electrons. The van der Waals surface area contributed by atoms with Crippen LogP contribution in [0.5, 0.6) is 0 Å². The lowest BCUT2D eigenvalue weighted by Gasteiger charge is -2.15. The molecule has 0 aliphatic rings. The van der Waals surface area contributed by atoms with Crippen LogP contribution in [0.1, 0.15) is 19.4 Å². The normalized spacial score (nSPS) is 12.2. The van der Waals surface area contributed by atoms with Crippen LogP contribution in [0.3, 0.4) is 0 Å². The Hall–Kier alpha value is -0.560. The summed E-state index contributed by atoms with van der Waals surface area (Å²) in [4.78, 5) is 0. The summed E-state index contributed by atoms with van der Waals surface area (Å²) in [5.74, 6) is 0. The molecule has 0 saturated heterocycles. The first kappa shape index (κ1) is 10.5. The smallest absolute Gasteiger partial charge is 0.0117 e. The van der Waals surface area contributed by atoms with Crippen molar-refractivity contribution in [1.82, 2.24) is 0 Å². The molecule has 0 aliphatic carbocycles. The number of halogens is 1. The molecular weight excluding hydrogens is 224 g/mol. The van der Waals surface area contributed by atoms with Gasteiger partial charge in [0, 0.05) is 5.33 Å². The topological polar surface area (TPSA) is 0 Å². The standard InChI is InChI=1S/C12H15Br/c1-12(2,10-13)9-8-11-6-4-3-5-7-11/h3-9H,10H2,1-2H3/b9-8+. The average molecular weight is 239 g/mol. The Morgan fingerprint density at radius 2 is 1.85 bits per heavy atom. The highest BCUT2D eigenvalue weighted by Gasteiger charge is 2.10. The van der Waals surface area contributed by atoms with Crippen molar-refractivity contribution in [3.8, 4) is 0 Å². The fourth-order valence-corrected chi connectivity index (χ4v) is 1.12. The van der Waals surface area contributed by atoms with Crippen LogP contribution in [0.15, 0.2) is 36.4 Å². The summed E-state index contributed by atoms with van der Waals surface area (Å²) < 4.78 is 0. The Balaban J connectivity index is 2.69. The fourth-order valence-electron chi connectivity index (χ4n) is 0.931. The predicted molar refractivity (Wildman–Crippen MR) is 63.1 cm³/mol. The Morgan fingerprint density at radius 3 is 2.38 bits per heavy atom. The van der Waals surface area contributed by atoms with Gasteiger partial charge in [0.2, 0.25) is 0 Å². The molecular formula is C12H15Br. The van der Waals surface area contributed by atoms with Crippen molar-refractivity contribution in [2.24, 2.45) is 5.41 Å². The van der Waals surface area contributed by atoms with Crippen LogP contribution in [0, 0.1) is 5.41 Å². The van der Waals surface area contributed by atoms with Gasteiger partial charge < -0.3 is 0 Å². The lowest BCUT2D eigenvalue weighted by molar-refractivity contribution is 0.564. The summed E-state index contributed by atoms with van der Waals surface area (Å²) in [6.07, 6.45) is 4.40. The summed E-state index contributed by atoms with van der Waals surface area (Å²) in [6, 6.07) is 10.4. The Labute approximate surface area is 88.8 Å². The zero-order chi connectivity index (χ0) is 9.73. The lowest BCUT2D eigenvalue weighted by atomic mass is 9.95. The summed E-state index contributed by atoms with van der Waals surface area (Å²) in [7, 11) is 0. The first-order valence-corrected chi connectivity index (χ1v) is 5.56. The van der Waals surface area contributed by atoms with E-state index in [0.717, 1.165) is 5.33 Å². The minimum absolute atomic E-state index is 0.232. The SMILES string of the molecule is CC(C)(/C=C/c1ccccc1)CBr. The van der Waals surface area contributed by atoms with Crippen LogP contribution in [0.25, 0.3) is 6.08 Å². The van der Waals surface area contributed by atoms with E-state index in [0.29, 0.717) is 0 Å². The van der Waals surface area contributed by atoms with Crippen LogP contribution in [0.4, 0.5) is 0 Å².